The molecule has 1 unspecified atom stereocenters. The lowest BCUT2D eigenvalue weighted by atomic mass is 9.93. The molecule has 1 atom stereocenters. The van der Waals surface area contributed by atoms with E-state index in [4.69, 9.17) is 26.4 Å². The lowest BCUT2D eigenvalue weighted by molar-refractivity contribution is 0.124. The average Bonchev–Trinajstić information content (AvgIpc) is 2.84. The Morgan fingerprint density at radius 2 is 1.79 bits per heavy atom. The van der Waals surface area contributed by atoms with Crippen molar-refractivity contribution in [2.75, 3.05) is 37.9 Å². The van der Waals surface area contributed by atoms with Crippen LogP contribution in [-0.2, 0) is 0 Å². The van der Waals surface area contributed by atoms with E-state index in [2.05, 4.69) is 32.8 Å². The standard InChI is InChI=1S/C24H29N5O3S/c1-15(16-8-10-25-11-9-16)32-22-13-19-17(12-21(22)31-3)23(27-14-26-19)29-24(33)28-18-6-4-5-7-20(18)30-2/h4-7,12-16,25H,8-11H2,1-3H3,(H2,26,27,28,29,33). The third-order valence-corrected chi connectivity index (χ3v) is 6.07. The SMILES string of the molecule is COc1ccccc1NC(=S)Nc1ncnc2cc(OC(C)C3CCNCC3)c(OC)cc12. The van der Waals surface area contributed by atoms with E-state index >= 15 is 0 Å². The Kier molecular flexibility index (Phi) is 7.41. The number of thiocarbonyl (C=S) groups is 1. The zero-order valence-electron chi connectivity index (χ0n) is 19.1. The van der Waals surface area contributed by atoms with Crippen LogP contribution in [0.15, 0.2) is 42.7 Å². The summed E-state index contributed by atoms with van der Waals surface area (Å²) in [6, 6.07) is 11.3. The van der Waals surface area contributed by atoms with Crippen LogP contribution in [0.2, 0.25) is 0 Å². The van der Waals surface area contributed by atoms with Gasteiger partial charge in [-0.3, -0.25) is 0 Å². The van der Waals surface area contributed by atoms with Crippen molar-refractivity contribution in [1.82, 2.24) is 15.3 Å². The molecule has 2 heterocycles. The number of piperidine rings is 1. The molecule has 4 rings (SSSR count). The Balaban J connectivity index is 1.55. The molecule has 2 aromatic carbocycles. The van der Waals surface area contributed by atoms with Gasteiger partial charge < -0.3 is 30.2 Å². The monoisotopic (exact) mass is 467 g/mol. The summed E-state index contributed by atoms with van der Waals surface area (Å²) in [7, 11) is 3.25. The molecule has 0 spiro atoms. The molecule has 0 aliphatic carbocycles. The molecule has 1 aromatic heterocycles. The molecule has 1 fully saturated rings. The van der Waals surface area contributed by atoms with Crippen molar-refractivity contribution >= 4 is 39.7 Å². The minimum atomic E-state index is 0.0792. The molecule has 0 radical (unpaired) electrons. The number of benzene rings is 2. The molecule has 1 saturated heterocycles. The maximum Gasteiger partial charge on any atom is 0.176 e. The Morgan fingerprint density at radius 3 is 2.55 bits per heavy atom. The van der Waals surface area contributed by atoms with Crippen LogP contribution in [0.4, 0.5) is 11.5 Å². The summed E-state index contributed by atoms with van der Waals surface area (Å²) < 4.78 is 17.3. The largest absolute Gasteiger partial charge is 0.495 e. The van der Waals surface area contributed by atoms with Crippen LogP contribution in [-0.4, -0.2) is 48.5 Å². The van der Waals surface area contributed by atoms with Gasteiger partial charge in [0, 0.05) is 11.5 Å². The third-order valence-electron chi connectivity index (χ3n) is 5.87. The maximum atomic E-state index is 6.32. The number of para-hydroxylation sites is 2. The zero-order chi connectivity index (χ0) is 23.2. The number of nitrogens with one attached hydrogen (secondary N) is 3. The van der Waals surface area contributed by atoms with Gasteiger partial charge in [-0.2, -0.15) is 0 Å². The summed E-state index contributed by atoms with van der Waals surface area (Å²) in [4.78, 5) is 8.82. The molecule has 0 amide bonds. The first-order chi connectivity index (χ1) is 16.1. The van der Waals surface area contributed by atoms with Crippen LogP contribution in [0.3, 0.4) is 0 Å². The molecule has 0 saturated carbocycles. The summed E-state index contributed by atoms with van der Waals surface area (Å²) in [6.07, 6.45) is 3.78. The lowest BCUT2D eigenvalue weighted by Gasteiger charge is -2.29. The molecule has 1 aliphatic heterocycles. The van der Waals surface area contributed by atoms with Gasteiger partial charge in [-0.25, -0.2) is 9.97 Å². The first kappa shape index (κ1) is 23.0. The quantitative estimate of drug-likeness (QED) is 0.442. The highest BCUT2D eigenvalue weighted by Gasteiger charge is 2.23. The third kappa shape index (κ3) is 5.43. The van der Waals surface area contributed by atoms with Gasteiger partial charge in [0.05, 0.1) is 31.5 Å². The minimum Gasteiger partial charge on any atom is -0.495 e. The van der Waals surface area contributed by atoms with E-state index in [0.29, 0.717) is 34.1 Å². The zero-order valence-corrected chi connectivity index (χ0v) is 19.9. The van der Waals surface area contributed by atoms with E-state index in [1.165, 1.54) is 6.33 Å². The summed E-state index contributed by atoms with van der Waals surface area (Å²) in [5, 5.41) is 10.9. The van der Waals surface area contributed by atoms with Crippen molar-refractivity contribution < 1.29 is 14.2 Å². The van der Waals surface area contributed by atoms with Crippen LogP contribution in [0.5, 0.6) is 17.2 Å². The molecular formula is C24H29N5O3S. The number of hydrogen-bond acceptors (Lipinski definition) is 7. The van der Waals surface area contributed by atoms with Crippen LogP contribution in [0, 0.1) is 5.92 Å². The summed E-state index contributed by atoms with van der Waals surface area (Å²) in [5.74, 6) is 3.08. The second-order valence-corrected chi connectivity index (χ2v) is 8.34. The molecule has 9 heteroatoms. The molecule has 174 valence electrons. The Bertz CT molecular complexity index is 1120. The molecule has 3 N–H and O–H groups in total. The van der Waals surface area contributed by atoms with E-state index in [-0.39, 0.29) is 6.10 Å². The van der Waals surface area contributed by atoms with Crippen molar-refractivity contribution in [3.63, 3.8) is 0 Å². The molecular weight excluding hydrogens is 438 g/mol. The second-order valence-electron chi connectivity index (χ2n) is 7.93. The maximum absolute atomic E-state index is 6.32. The number of ether oxygens (including phenoxy) is 3. The molecule has 33 heavy (non-hydrogen) atoms. The van der Waals surface area contributed by atoms with Gasteiger partial charge in [0.15, 0.2) is 16.6 Å². The highest BCUT2D eigenvalue weighted by atomic mass is 32.1. The number of anilines is 2. The van der Waals surface area contributed by atoms with Gasteiger partial charge in [-0.15, -0.1) is 0 Å². The summed E-state index contributed by atoms with van der Waals surface area (Å²) in [6.45, 7) is 4.17. The fourth-order valence-electron chi connectivity index (χ4n) is 4.03. The molecule has 3 aromatic rings. The van der Waals surface area contributed by atoms with Gasteiger partial charge in [0.2, 0.25) is 0 Å². The van der Waals surface area contributed by atoms with Crippen molar-refractivity contribution in [2.24, 2.45) is 5.92 Å². The second kappa shape index (κ2) is 10.6. The Labute approximate surface area is 199 Å². The van der Waals surface area contributed by atoms with Crippen LogP contribution >= 0.6 is 12.2 Å². The van der Waals surface area contributed by atoms with E-state index < -0.39 is 0 Å². The first-order valence-electron chi connectivity index (χ1n) is 11.0. The van der Waals surface area contributed by atoms with Crippen molar-refractivity contribution in [3.8, 4) is 17.2 Å². The van der Waals surface area contributed by atoms with E-state index in [1.807, 2.05) is 36.4 Å². The normalized spacial score (nSPS) is 15.0. The smallest absolute Gasteiger partial charge is 0.176 e. The Morgan fingerprint density at radius 1 is 1.03 bits per heavy atom. The van der Waals surface area contributed by atoms with E-state index in [9.17, 15) is 0 Å². The number of aromatic nitrogens is 2. The van der Waals surface area contributed by atoms with Crippen molar-refractivity contribution in [3.05, 3.63) is 42.7 Å². The van der Waals surface area contributed by atoms with Gasteiger partial charge in [-0.05, 0) is 69.2 Å². The van der Waals surface area contributed by atoms with Gasteiger partial charge in [0.1, 0.15) is 17.9 Å². The molecule has 1 aliphatic rings. The van der Waals surface area contributed by atoms with E-state index in [1.54, 1.807) is 14.2 Å². The van der Waals surface area contributed by atoms with Crippen molar-refractivity contribution in [2.45, 2.75) is 25.9 Å². The number of rotatable bonds is 7. The highest BCUT2D eigenvalue weighted by molar-refractivity contribution is 7.80. The predicted octanol–water partition coefficient (Wildman–Crippen LogP) is 4.22. The summed E-state index contributed by atoms with van der Waals surface area (Å²) in [5.41, 5.74) is 1.50. The molecule has 0 bridgehead atoms. The minimum absolute atomic E-state index is 0.0792. The highest BCUT2D eigenvalue weighted by Crippen LogP contribution is 2.36. The topological polar surface area (TPSA) is 89.6 Å². The van der Waals surface area contributed by atoms with Gasteiger partial charge >= 0.3 is 0 Å². The number of fused-ring (bicyclic) bond motifs is 1. The summed E-state index contributed by atoms with van der Waals surface area (Å²) >= 11 is 5.51. The Hall–Kier alpha value is -3.17. The fraction of sp³-hybridized carbons (Fsp3) is 0.375. The van der Waals surface area contributed by atoms with Crippen LogP contribution < -0.4 is 30.2 Å². The van der Waals surface area contributed by atoms with Crippen LogP contribution in [0.25, 0.3) is 10.9 Å². The van der Waals surface area contributed by atoms with Crippen LogP contribution in [0.1, 0.15) is 19.8 Å². The first-order valence-corrected chi connectivity index (χ1v) is 11.4. The van der Waals surface area contributed by atoms with E-state index in [0.717, 1.165) is 42.5 Å². The fourth-order valence-corrected chi connectivity index (χ4v) is 4.24. The molecule has 8 nitrogen and oxygen atoms in total. The lowest BCUT2D eigenvalue weighted by Crippen LogP contribution is -2.35. The van der Waals surface area contributed by atoms with Crippen molar-refractivity contribution in [1.29, 1.82) is 0 Å². The van der Waals surface area contributed by atoms with Gasteiger partial charge in [0.25, 0.3) is 0 Å². The predicted molar refractivity (Wildman–Crippen MR) is 135 cm³/mol. The number of methoxy groups -OCH3 is 2. The number of nitrogens with zero attached hydrogens (tertiary/aromatic N) is 2. The van der Waals surface area contributed by atoms with Gasteiger partial charge in [-0.1, -0.05) is 12.1 Å². The number of hydrogen-bond donors (Lipinski definition) is 3. The average molecular weight is 468 g/mol.